The Morgan fingerprint density at radius 2 is 2.36 bits per heavy atom. The maximum atomic E-state index is 8.54. The number of ether oxygens (including phenoxy) is 1. The Kier molecular flexibility index (Phi) is 3.12. The van der Waals surface area contributed by atoms with Crippen molar-refractivity contribution in [2.75, 3.05) is 13.2 Å². The van der Waals surface area contributed by atoms with Crippen LogP contribution in [0.1, 0.15) is 29.5 Å². The van der Waals surface area contributed by atoms with Gasteiger partial charge in [0.2, 0.25) is 0 Å². The minimum absolute atomic E-state index is 0.438. The van der Waals surface area contributed by atoms with Crippen LogP contribution in [0.5, 0.6) is 0 Å². The standard InChI is InChI=1S/C10H12N2OS/c11-4-1-10-12-9(7-14-10)8-2-5-13-6-3-8/h7-8H,1-3,5-6H2. The summed E-state index contributed by atoms with van der Waals surface area (Å²) < 4.78 is 5.30. The average Bonchev–Trinajstić information content (AvgIpc) is 2.68. The Hall–Kier alpha value is -0.920. The molecule has 1 fully saturated rings. The van der Waals surface area contributed by atoms with Gasteiger partial charge in [0.25, 0.3) is 0 Å². The number of thiazole rings is 1. The third kappa shape index (κ3) is 2.11. The Labute approximate surface area is 87.3 Å². The molecule has 3 nitrogen and oxygen atoms in total. The minimum Gasteiger partial charge on any atom is -0.381 e. The van der Waals surface area contributed by atoms with E-state index < -0.39 is 0 Å². The Balaban J connectivity index is 2.04. The van der Waals surface area contributed by atoms with E-state index in [4.69, 9.17) is 10.00 Å². The van der Waals surface area contributed by atoms with Crippen molar-refractivity contribution >= 4 is 11.3 Å². The topological polar surface area (TPSA) is 45.9 Å². The van der Waals surface area contributed by atoms with Crippen LogP contribution in [0.15, 0.2) is 5.38 Å². The minimum atomic E-state index is 0.438. The fourth-order valence-corrected chi connectivity index (χ4v) is 2.46. The lowest BCUT2D eigenvalue weighted by atomic mass is 9.98. The summed E-state index contributed by atoms with van der Waals surface area (Å²) >= 11 is 1.59. The van der Waals surface area contributed by atoms with Gasteiger partial charge < -0.3 is 4.74 Å². The van der Waals surface area contributed by atoms with Crippen molar-refractivity contribution in [3.8, 4) is 6.07 Å². The summed E-state index contributed by atoms with van der Waals surface area (Å²) in [6.07, 6.45) is 2.57. The average molecular weight is 208 g/mol. The molecule has 0 aliphatic carbocycles. The van der Waals surface area contributed by atoms with Gasteiger partial charge in [-0.2, -0.15) is 5.26 Å². The summed E-state index contributed by atoms with van der Waals surface area (Å²) in [7, 11) is 0. The Morgan fingerprint density at radius 3 is 3.07 bits per heavy atom. The SMILES string of the molecule is N#CCc1nc(C2CCOCC2)cs1. The lowest BCUT2D eigenvalue weighted by Gasteiger charge is -2.19. The molecule has 4 heteroatoms. The van der Waals surface area contributed by atoms with Crippen LogP contribution in [-0.2, 0) is 11.2 Å². The van der Waals surface area contributed by atoms with Crippen molar-refractivity contribution < 1.29 is 4.74 Å². The largest absolute Gasteiger partial charge is 0.381 e. The first-order valence-corrected chi connectivity index (χ1v) is 5.67. The van der Waals surface area contributed by atoms with E-state index in [-0.39, 0.29) is 0 Å². The summed E-state index contributed by atoms with van der Waals surface area (Å²) in [6.45, 7) is 1.69. The highest BCUT2D eigenvalue weighted by molar-refractivity contribution is 7.09. The van der Waals surface area contributed by atoms with E-state index in [1.54, 1.807) is 11.3 Å². The molecule has 1 aliphatic heterocycles. The molecule has 14 heavy (non-hydrogen) atoms. The fraction of sp³-hybridized carbons (Fsp3) is 0.600. The molecule has 0 radical (unpaired) electrons. The summed E-state index contributed by atoms with van der Waals surface area (Å²) in [5, 5.41) is 11.6. The second kappa shape index (κ2) is 4.54. The zero-order valence-corrected chi connectivity index (χ0v) is 8.72. The second-order valence-corrected chi connectivity index (χ2v) is 4.33. The lowest BCUT2D eigenvalue weighted by Crippen LogP contribution is -2.14. The molecule has 0 atom stereocenters. The van der Waals surface area contributed by atoms with Gasteiger partial charge in [-0.1, -0.05) is 0 Å². The highest BCUT2D eigenvalue weighted by Crippen LogP contribution is 2.27. The fourth-order valence-electron chi connectivity index (χ4n) is 1.65. The van der Waals surface area contributed by atoms with Gasteiger partial charge >= 0.3 is 0 Å². The molecule has 0 unspecified atom stereocenters. The summed E-state index contributed by atoms with van der Waals surface area (Å²) in [5.41, 5.74) is 1.16. The van der Waals surface area contributed by atoms with Crippen molar-refractivity contribution in [2.45, 2.75) is 25.2 Å². The van der Waals surface area contributed by atoms with E-state index in [1.165, 1.54) is 0 Å². The first-order valence-electron chi connectivity index (χ1n) is 4.79. The van der Waals surface area contributed by atoms with E-state index in [2.05, 4.69) is 16.4 Å². The monoisotopic (exact) mass is 208 g/mol. The van der Waals surface area contributed by atoms with Gasteiger partial charge in [-0.15, -0.1) is 11.3 Å². The van der Waals surface area contributed by atoms with Gasteiger partial charge in [0, 0.05) is 24.5 Å². The van der Waals surface area contributed by atoms with Gasteiger partial charge in [0.15, 0.2) is 0 Å². The van der Waals surface area contributed by atoms with Crippen LogP contribution in [0.4, 0.5) is 0 Å². The molecule has 0 N–H and O–H groups in total. The summed E-state index contributed by atoms with van der Waals surface area (Å²) in [5.74, 6) is 0.549. The molecule has 74 valence electrons. The van der Waals surface area contributed by atoms with Gasteiger partial charge in [-0.3, -0.25) is 0 Å². The van der Waals surface area contributed by atoms with Crippen LogP contribution < -0.4 is 0 Å². The van der Waals surface area contributed by atoms with Crippen LogP contribution in [0.2, 0.25) is 0 Å². The van der Waals surface area contributed by atoms with Gasteiger partial charge in [-0.05, 0) is 12.8 Å². The predicted molar refractivity (Wildman–Crippen MR) is 54.2 cm³/mol. The van der Waals surface area contributed by atoms with Crippen LogP contribution in [0, 0.1) is 11.3 Å². The molecule has 0 saturated carbocycles. The second-order valence-electron chi connectivity index (χ2n) is 3.39. The van der Waals surface area contributed by atoms with E-state index >= 15 is 0 Å². The normalized spacial score (nSPS) is 17.9. The molecule has 0 amide bonds. The van der Waals surface area contributed by atoms with Crippen molar-refractivity contribution in [3.05, 3.63) is 16.1 Å². The number of nitriles is 1. The predicted octanol–water partition coefficient (Wildman–Crippen LogP) is 2.10. The molecule has 2 rings (SSSR count). The van der Waals surface area contributed by atoms with Gasteiger partial charge in [0.05, 0.1) is 18.2 Å². The number of nitrogens with zero attached hydrogens (tertiary/aromatic N) is 2. The van der Waals surface area contributed by atoms with Crippen molar-refractivity contribution in [2.24, 2.45) is 0 Å². The van der Waals surface area contributed by atoms with Crippen molar-refractivity contribution in [1.29, 1.82) is 5.26 Å². The molecule has 1 aromatic rings. The molecule has 1 aromatic heterocycles. The first-order chi connectivity index (χ1) is 6.90. The molecule has 0 spiro atoms. The van der Waals surface area contributed by atoms with Crippen molar-refractivity contribution in [3.63, 3.8) is 0 Å². The van der Waals surface area contributed by atoms with E-state index in [9.17, 15) is 0 Å². The molecular weight excluding hydrogens is 196 g/mol. The molecule has 0 aromatic carbocycles. The molecule has 1 aliphatic rings. The quantitative estimate of drug-likeness (QED) is 0.747. The first kappa shape index (κ1) is 9.63. The number of rotatable bonds is 2. The molecule has 0 bridgehead atoms. The van der Waals surface area contributed by atoms with Crippen molar-refractivity contribution in [1.82, 2.24) is 4.98 Å². The molecular formula is C10H12N2OS. The zero-order valence-electron chi connectivity index (χ0n) is 7.90. The van der Waals surface area contributed by atoms with Crippen LogP contribution >= 0.6 is 11.3 Å². The van der Waals surface area contributed by atoms with Gasteiger partial charge in [-0.25, -0.2) is 4.98 Å². The third-order valence-electron chi connectivity index (χ3n) is 2.44. The van der Waals surface area contributed by atoms with E-state index in [1.807, 2.05) is 0 Å². The number of hydrogen-bond acceptors (Lipinski definition) is 4. The number of aromatic nitrogens is 1. The third-order valence-corrected chi connectivity index (χ3v) is 3.31. The zero-order chi connectivity index (χ0) is 9.80. The molecule has 1 saturated heterocycles. The summed E-state index contributed by atoms with van der Waals surface area (Å²) in [4.78, 5) is 4.46. The highest BCUT2D eigenvalue weighted by Gasteiger charge is 2.18. The van der Waals surface area contributed by atoms with Crippen LogP contribution in [0.25, 0.3) is 0 Å². The van der Waals surface area contributed by atoms with Crippen LogP contribution in [-0.4, -0.2) is 18.2 Å². The maximum Gasteiger partial charge on any atom is 0.107 e. The van der Waals surface area contributed by atoms with Crippen LogP contribution in [0.3, 0.4) is 0 Å². The molecule has 2 heterocycles. The smallest absolute Gasteiger partial charge is 0.107 e. The number of hydrogen-bond donors (Lipinski definition) is 0. The highest BCUT2D eigenvalue weighted by atomic mass is 32.1. The maximum absolute atomic E-state index is 8.54. The Bertz CT molecular complexity index is 336. The Morgan fingerprint density at radius 1 is 1.57 bits per heavy atom. The van der Waals surface area contributed by atoms with E-state index in [0.29, 0.717) is 12.3 Å². The van der Waals surface area contributed by atoms with E-state index in [0.717, 1.165) is 36.8 Å². The van der Waals surface area contributed by atoms with Gasteiger partial charge in [0.1, 0.15) is 5.01 Å². The summed E-state index contributed by atoms with van der Waals surface area (Å²) in [6, 6.07) is 2.12. The lowest BCUT2D eigenvalue weighted by molar-refractivity contribution is 0.0846.